The molecule has 0 spiro atoms. The van der Waals surface area contributed by atoms with Gasteiger partial charge >= 0.3 is 6.03 Å². The number of imidazole rings is 1. The third-order valence-corrected chi connectivity index (χ3v) is 12.8. The molecule has 17 nitrogen and oxygen atoms in total. The van der Waals surface area contributed by atoms with Crippen LogP contribution in [0, 0.1) is 11.5 Å². The van der Waals surface area contributed by atoms with Crippen molar-refractivity contribution in [2.24, 2.45) is 5.14 Å². The van der Waals surface area contributed by atoms with Crippen molar-refractivity contribution in [1.29, 1.82) is 5.26 Å². The number of nitrogens with zero attached hydrogens (tertiary/aromatic N) is 8. The lowest BCUT2D eigenvalue weighted by atomic mass is 9.99. The molecule has 0 saturated heterocycles. The minimum Gasteiger partial charge on any atom is -0.387 e. The molecule has 2 heterocycles. The molecular weight excluding hydrogens is 783 g/mol. The summed E-state index contributed by atoms with van der Waals surface area (Å²) in [5.74, 6) is 0.903. The van der Waals surface area contributed by atoms with Crippen LogP contribution in [0.2, 0.25) is 0 Å². The van der Waals surface area contributed by atoms with E-state index in [9.17, 15) is 21.6 Å². The minimum atomic E-state index is -4.10. The van der Waals surface area contributed by atoms with Gasteiger partial charge in [0, 0.05) is 31.5 Å². The SMILES string of the molecule is CN(C)CCn1cc(S(=O)(=O)NC(=O)Nc2c3c(cc4c2CCC4)CCC3)nn1.CN(C)CCn1cnc(S(N)(=O)=O)c1.N#COc1c2c(cc3c1CCC3)CCC2. The topological polar surface area (TPSA) is 223 Å². The number of carbonyl (C=O) groups excluding carboxylic acids is 1. The van der Waals surface area contributed by atoms with E-state index in [4.69, 9.17) is 15.1 Å². The van der Waals surface area contributed by atoms with Crippen LogP contribution in [0.4, 0.5) is 10.5 Å². The molecule has 2 amide bonds. The highest BCUT2D eigenvalue weighted by Crippen LogP contribution is 2.40. The Hall–Kier alpha value is -4.87. The van der Waals surface area contributed by atoms with Gasteiger partial charge in [-0.15, -0.1) is 10.4 Å². The van der Waals surface area contributed by atoms with Crippen molar-refractivity contribution in [2.75, 3.05) is 46.6 Å². The summed E-state index contributed by atoms with van der Waals surface area (Å²) in [4.78, 5) is 20.2. The molecule has 0 aliphatic heterocycles. The summed E-state index contributed by atoms with van der Waals surface area (Å²) in [5, 5.41) is 23.6. The maximum atomic E-state index is 12.6. The van der Waals surface area contributed by atoms with Crippen molar-refractivity contribution >= 4 is 31.8 Å². The van der Waals surface area contributed by atoms with Gasteiger partial charge in [-0.05, 0) is 150 Å². The Morgan fingerprint density at radius 3 is 1.81 bits per heavy atom. The van der Waals surface area contributed by atoms with E-state index in [1.165, 1.54) is 69.6 Å². The van der Waals surface area contributed by atoms with Crippen molar-refractivity contribution in [3.8, 4) is 12.0 Å². The van der Waals surface area contributed by atoms with E-state index in [1.54, 1.807) is 4.57 Å². The van der Waals surface area contributed by atoms with Crippen LogP contribution in [-0.4, -0.2) is 98.5 Å². The first kappa shape index (κ1) is 42.7. The molecule has 2 aromatic heterocycles. The van der Waals surface area contributed by atoms with Crippen LogP contribution in [0.25, 0.3) is 0 Å². The van der Waals surface area contributed by atoms with E-state index in [-0.39, 0.29) is 10.1 Å². The normalized spacial score (nSPS) is 15.1. The molecule has 0 atom stereocenters. The molecule has 4 N–H and O–H groups in total. The van der Waals surface area contributed by atoms with Gasteiger partial charge in [0.1, 0.15) is 5.75 Å². The van der Waals surface area contributed by atoms with Crippen LogP contribution in [0.15, 0.2) is 40.9 Å². The third-order valence-electron chi connectivity index (χ3n) is 10.8. The predicted octanol–water partition coefficient (Wildman–Crippen LogP) is 2.94. The number of nitrogens with one attached hydrogen (secondary N) is 2. The molecule has 4 aliphatic carbocycles. The minimum absolute atomic E-state index is 0.0868. The van der Waals surface area contributed by atoms with Gasteiger partial charge in [-0.3, -0.25) is 0 Å². The van der Waals surface area contributed by atoms with Crippen LogP contribution in [-0.2, 0) is 84.5 Å². The first-order valence-electron chi connectivity index (χ1n) is 19.6. The highest BCUT2D eigenvalue weighted by Gasteiger charge is 2.28. The number of aromatic nitrogens is 5. The first-order valence-corrected chi connectivity index (χ1v) is 22.6. The van der Waals surface area contributed by atoms with E-state index in [2.05, 4.69) is 37.5 Å². The number of sulfonamides is 2. The van der Waals surface area contributed by atoms with Crippen molar-refractivity contribution in [2.45, 2.75) is 100 Å². The molecule has 4 aromatic rings. The number of aryl methyl sites for hydroxylation is 4. The second-order valence-electron chi connectivity index (χ2n) is 15.6. The lowest BCUT2D eigenvalue weighted by Crippen LogP contribution is -2.35. The fourth-order valence-corrected chi connectivity index (χ4v) is 9.23. The number of amides is 2. The van der Waals surface area contributed by atoms with Gasteiger partial charge in [-0.25, -0.2) is 32.7 Å². The molecule has 0 saturated carbocycles. The zero-order valence-corrected chi connectivity index (χ0v) is 35.3. The highest BCUT2D eigenvalue weighted by atomic mass is 32.2. The van der Waals surface area contributed by atoms with Gasteiger partial charge < -0.3 is 24.4 Å². The summed E-state index contributed by atoms with van der Waals surface area (Å²) in [7, 11) is -0.0492. The number of urea groups is 1. The van der Waals surface area contributed by atoms with E-state index in [1.807, 2.05) is 44.2 Å². The van der Waals surface area contributed by atoms with Gasteiger partial charge in [-0.2, -0.15) is 8.42 Å². The van der Waals surface area contributed by atoms with Gasteiger partial charge in [0.15, 0.2) is 5.03 Å². The maximum Gasteiger partial charge on any atom is 0.333 e. The quantitative estimate of drug-likeness (QED) is 0.186. The number of anilines is 1. The fraction of sp³-hybridized carbons (Fsp3) is 0.513. The summed E-state index contributed by atoms with van der Waals surface area (Å²) in [6, 6.07) is 3.84. The van der Waals surface area contributed by atoms with E-state index in [0.29, 0.717) is 19.6 Å². The number of nitriles is 1. The Kier molecular flexibility index (Phi) is 13.5. The summed E-state index contributed by atoms with van der Waals surface area (Å²) >= 11 is 0. The Balaban J connectivity index is 0.000000164. The highest BCUT2D eigenvalue weighted by molar-refractivity contribution is 7.90. The predicted molar refractivity (Wildman–Crippen MR) is 217 cm³/mol. The second kappa shape index (κ2) is 18.4. The Labute approximate surface area is 340 Å². The van der Waals surface area contributed by atoms with Crippen molar-refractivity contribution in [1.82, 2.24) is 39.1 Å². The fourth-order valence-electron chi connectivity index (χ4n) is 7.95. The average molecular weight is 836 g/mol. The van der Waals surface area contributed by atoms with E-state index >= 15 is 0 Å². The van der Waals surface area contributed by atoms with Crippen molar-refractivity contribution in [3.05, 3.63) is 75.4 Å². The lowest BCUT2D eigenvalue weighted by molar-refractivity contribution is 0.256. The van der Waals surface area contributed by atoms with Crippen molar-refractivity contribution < 1.29 is 26.4 Å². The van der Waals surface area contributed by atoms with Gasteiger partial charge in [0.2, 0.25) is 5.03 Å². The number of fused-ring (bicyclic) bond motifs is 4. The van der Waals surface area contributed by atoms with Gasteiger partial charge in [0.05, 0.1) is 19.1 Å². The monoisotopic (exact) mass is 835 g/mol. The summed E-state index contributed by atoms with van der Waals surface area (Å²) in [6.45, 7) is 2.71. The number of carbonyl (C=O) groups is 1. The molecule has 312 valence electrons. The molecule has 0 fully saturated rings. The number of primary sulfonamides is 1. The number of hydrogen-bond acceptors (Lipinski definition) is 12. The third kappa shape index (κ3) is 10.4. The summed E-state index contributed by atoms with van der Waals surface area (Å²) in [5.41, 5.74) is 11.1. The molecule has 2 aromatic carbocycles. The second-order valence-corrected chi connectivity index (χ2v) is 18.7. The van der Waals surface area contributed by atoms with E-state index in [0.717, 1.165) is 93.3 Å². The molecule has 0 bridgehead atoms. The Bertz CT molecular complexity index is 2330. The van der Waals surface area contributed by atoms with Crippen LogP contribution < -0.4 is 19.9 Å². The average Bonchev–Trinajstić information content (AvgIpc) is 4.00. The molecule has 0 radical (unpaired) electrons. The molecule has 58 heavy (non-hydrogen) atoms. The van der Waals surface area contributed by atoms with Crippen LogP contribution in [0.3, 0.4) is 0 Å². The number of rotatable bonds is 11. The maximum absolute atomic E-state index is 12.6. The summed E-state index contributed by atoms with van der Waals surface area (Å²) in [6.07, 6.45) is 18.9. The van der Waals surface area contributed by atoms with Crippen molar-refractivity contribution in [3.63, 3.8) is 0 Å². The molecule has 19 heteroatoms. The number of nitrogens with two attached hydrogens (primary N) is 1. The molecular formula is C39H53N11O6S2. The largest absolute Gasteiger partial charge is 0.387 e. The number of hydrogen-bond donors (Lipinski definition) is 3. The number of likely N-dealkylation sites (N-methyl/N-ethyl adjacent to an activating group) is 2. The summed E-state index contributed by atoms with van der Waals surface area (Å²) < 4.78 is 57.3. The zero-order valence-electron chi connectivity index (χ0n) is 33.6. The zero-order chi connectivity index (χ0) is 41.6. The van der Waals surface area contributed by atoms with Crippen LogP contribution in [0.5, 0.6) is 5.75 Å². The molecule has 4 aliphatic rings. The number of benzene rings is 2. The van der Waals surface area contributed by atoms with E-state index < -0.39 is 26.1 Å². The number of ether oxygens (including phenoxy) is 1. The smallest absolute Gasteiger partial charge is 0.333 e. The Morgan fingerprint density at radius 2 is 1.31 bits per heavy atom. The van der Waals surface area contributed by atoms with Crippen LogP contribution in [0.1, 0.15) is 70.2 Å². The standard InChI is InChI=1S/C19H26N6O3S.C13H13NO.C7H14N4O2S/c1-24(2)9-10-25-12-17(21-23-25)29(27,28)22-19(26)20-18-15-7-3-5-13(15)11-14-6-4-8-16(14)18;14-8-15-13-11-5-1-3-9(11)7-10-4-2-6-12(10)13;1-10(2)3-4-11-5-7(9-6-11)14(8,12)13/h11-12H,3-10H2,1-2H3,(H2,20,22,26);7H,1-6H2;5-6H,3-4H2,1-2H3,(H2,8,12,13). The van der Waals surface area contributed by atoms with Gasteiger partial charge in [0.25, 0.3) is 26.3 Å². The first-order chi connectivity index (χ1) is 27.6. The molecule has 8 rings (SSSR count). The van der Waals surface area contributed by atoms with Gasteiger partial charge in [-0.1, -0.05) is 17.3 Å². The van der Waals surface area contributed by atoms with Crippen LogP contribution >= 0.6 is 0 Å². The molecule has 0 unspecified atom stereocenters. The Morgan fingerprint density at radius 1 is 0.793 bits per heavy atom. The lowest BCUT2D eigenvalue weighted by Gasteiger charge is -2.16.